The molecule has 1 aromatic heterocycles. The number of rotatable bonds is 4. The van der Waals surface area contributed by atoms with Crippen LogP contribution >= 0.6 is 27.7 Å². The number of hydrogen-bond donors (Lipinski definition) is 1. The largest absolute Gasteiger partial charge is 0.313 e. The van der Waals surface area contributed by atoms with Crippen molar-refractivity contribution in [3.05, 3.63) is 52.8 Å². The summed E-state index contributed by atoms with van der Waals surface area (Å²) in [6, 6.07) is 10.8. The van der Waals surface area contributed by atoms with E-state index >= 15 is 0 Å². The van der Waals surface area contributed by atoms with Gasteiger partial charge in [0.25, 0.3) is 0 Å². The zero-order valence-electron chi connectivity index (χ0n) is 10.4. The molecule has 0 spiro atoms. The summed E-state index contributed by atoms with van der Waals surface area (Å²) >= 11 is 5.30. The average Bonchev–Trinajstić information content (AvgIpc) is 2.39. The smallest absolute Gasteiger partial charge is 0.0300 e. The molecule has 2 aromatic rings. The van der Waals surface area contributed by atoms with Gasteiger partial charge in [-0.1, -0.05) is 33.8 Å². The summed E-state index contributed by atoms with van der Waals surface area (Å²) in [6.07, 6.45) is 3.64. The molecule has 1 heterocycles. The van der Waals surface area contributed by atoms with Gasteiger partial charge in [-0.25, -0.2) is 0 Å². The maximum absolute atomic E-state index is 4.04. The molecule has 0 saturated carbocycles. The lowest BCUT2D eigenvalue weighted by Crippen LogP contribution is -2.13. The molecule has 0 radical (unpaired) electrons. The van der Waals surface area contributed by atoms with E-state index in [-0.39, 0.29) is 0 Å². The Morgan fingerprint density at radius 3 is 2.61 bits per heavy atom. The third-order valence-corrected chi connectivity index (χ3v) is 4.33. The van der Waals surface area contributed by atoms with Crippen LogP contribution in [-0.4, -0.2) is 12.0 Å². The number of nitrogens with one attached hydrogen (secondary N) is 1. The monoisotopic (exact) mass is 322 g/mol. The molecule has 0 aliphatic heterocycles. The van der Waals surface area contributed by atoms with Gasteiger partial charge in [0, 0.05) is 32.7 Å². The molecule has 1 atom stereocenters. The second-order valence-corrected chi connectivity index (χ2v) is 6.01. The van der Waals surface area contributed by atoms with Gasteiger partial charge in [-0.2, -0.15) is 0 Å². The average molecular weight is 323 g/mol. The van der Waals surface area contributed by atoms with Crippen LogP contribution in [0.1, 0.15) is 18.5 Å². The molecule has 4 heteroatoms. The van der Waals surface area contributed by atoms with Gasteiger partial charge in [0.2, 0.25) is 0 Å². The molecule has 2 rings (SSSR count). The topological polar surface area (TPSA) is 24.9 Å². The zero-order valence-corrected chi connectivity index (χ0v) is 12.8. The molecule has 0 aliphatic carbocycles. The number of halogens is 1. The summed E-state index contributed by atoms with van der Waals surface area (Å²) in [5, 5.41) is 3.29. The highest BCUT2D eigenvalue weighted by Crippen LogP contribution is 2.34. The Balaban J connectivity index is 2.33. The van der Waals surface area contributed by atoms with E-state index in [1.54, 1.807) is 11.8 Å². The normalized spacial score (nSPS) is 12.4. The summed E-state index contributed by atoms with van der Waals surface area (Å²) < 4.78 is 1.10. The van der Waals surface area contributed by atoms with Crippen molar-refractivity contribution in [1.82, 2.24) is 10.3 Å². The number of pyridine rings is 1. The van der Waals surface area contributed by atoms with Gasteiger partial charge >= 0.3 is 0 Å². The van der Waals surface area contributed by atoms with Crippen molar-refractivity contribution in [2.75, 3.05) is 7.05 Å². The fraction of sp³-hybridized carbons (Fsp3) is 0.214. The first-order chi connectivity index (χ1) is 8.70. The fourth-order valence-corrected chi connectivity index (χ4v) is 3.22. The first kappa shape index (κ1) is 13.6. The summed E-state index contributed by atoms with van der Waals surface area (Å²) in [5.41, 5.74) is 1.31. The minimum atomic E-state index is 0.336. The highest BCUT2D eigenvalue weighted by atomic mass is 79.9. The summed E-state index contributed by atoms with van der Waals surface area (Å²) in [6.45, 7) is 2.17. The van der Waals surface area contributed by atoms with Crippen molar-refractivity contribution in [2.45, 2.75) is 22.8 Å². The lowest BCUT2D eigenvalue weighted by atomic mass is 10.1. The van der Waals surface area contributed by atoms with Crippen molar-refractivity contribution in [2.24, 2.45) is 0 Å². The van der Waals surface area contributed by atoms with Gasteiger partial charge < -0.3 is 5.32 Å². The first-order valence-corrected chi connectivity index (χ1v) is 7.36. The van der Waals surface area contributed by atoms with E-state index in [0.29, 0.717) is 6.04 Å². The van der Waals surface area contributed by atoms with Crippen LogP contribution in [0.3, 0.4) is 0 Å². The standard InChI is InChI=1S/C14H15BrN2S/c1-10(16-2)13-4-3-11(15)9-14(13)18-12-5-7-17-8-6-12/h3-10,16H,1-2H3. The van der Waals surface area contributed by atoms with Crippen molar-refractivity contribution in [1.29, 1.82) is 0 Å². The van der Waals surface area contributed by atoms with Gasteiger partial charge in [-0.05, 0) is 43.8 Å². The minimum Gasteiger partial charge on any atom is -0.313 e. The Morgan fingerprint density at radius 2 is 1.94 bits per heavy atom. The molecule has 1 N–H and O–H groups in total. The molecule has 18 heavy (non-hydrogen) atoms. The Morgan fingerprint density at radius 1 is 1.22 bits per heavy atom. The minimum absolute atomic E-state index is 0.336. The van der Waals surface area contributed by atoms with Crippen LogP contribution in [0.5, 0.6) is 0 Å². The van der Waals surface area contributed by atoms with Crippen LogP contribution in [0.2, 0.25) is 0 Å². The Bertz CT molecular complexity index is 516. The Kier molecular flexibility index (Phi) is 4.80. The lowest BCUT2D eigenvalue weighted by molar-refractivity contribution is 0.641. The van der Waals surface area contributed by atoms with Gasteiger partial charge in [0.15, 0.2) is 0 Å². The molecule has 0 amide bonds. The van der Waals surface area contributed by atoms with E-state index < -0.39 is 0 Å². The predicted molar refractivity (Wildman–Crippen MR) is 80.0 cm³/mol. The molecule has 94 valence electrons. The van der Waals surface area contributed by atoms with Crippen LogP contribution in [0.25, 0.3) is 0 Å². The predicted octanol–water partition coefficient (Wildman–Crippen LogP) is 4.28. The molecular weight excluding hydrogens is 308 g/mol. The quantitative estimate of drug-likeness (QED) is 0.909. The van der Waals surface area contributed by atoms with E-state index in [1.807, 2.05) is 31.6 Å². The molecule has 0 aliphatic rings. The van der Waals surface area contributed by atoms with Crippen molar-refractivity contribution >= 4 is 27.7 Å². The first-order valence-electron chi connectivity index (χ1n) is 5.75. The Hall–Kier alpha value is -0.840. The second kappa shape index (κ2) is 6.36. The van der Waals surface area contributed by atoms with E-state index in [0.717, 1.165) is 4.47 Å². The van der Waals surface area contributed by atoms with E-state index in [1.165, 1.54) is 15.4 Å². The van der Waals surface area contributed by atoms with Crippen molar-refractivity contribution in [3.63, 3.8) is 0 Å². The van der Waals surface area contributed by atoms with E-state index in [2.05, 4.69) is 51.4 Å². The van der Waals surface area contributed by atoms with E-state index in [4.69, 9.17) is 0 Å². The Labute approximate surface area is 120 Å². The zero-order chi connectivity index (χ0) is 13.0. The maximum atomic E-state index is 4.04. The van der Waals surface area contributed by atoms with Crippen molar-refractivity contribution in [3.8, 4) is 0 Å². The van der Waals surface area contributed by atoms with Gasteiger partial charge in [0.1, 0.15) is 0 Å². The molecule has 0 saturated heterocycles. The molecule has 0 fully saturated rings. The van der Waals surface area contributed by atoms with Crippen molar-refractivity contribution < 1.29 is 0 Å². The molecule has 1 aromatic carbocycles. The summed E-state index contributed by atoms with van der Waals surface area (Å²) in [7, 11) is 1.98. The van der Waals surface area contributed by atoms with Crippen LogP contribution in [0, 0.1) is 0 Å². The molecule has 1 unspecified atom stereocenters. The van der Waals surface area contributed by atoms with Crippen LogP contribution in [0.4, 0.5) is 0 Å². The molecular formula is C14H15BrN2S. The lowest BCUT2D eigenvalue weighted by Gasteiger charge is -2.15. The van der Waals surface area contributed by atoms with Crippen LogP contribution in [-0.2, 0) is 0 Å². The third-order valence-electron chi connectivity index (χ3n) is 2.75. The van der Waals surface area contributed by atoms with Gasteiger partial charge in [0.05, 0.1) is 0 Å². The van der Waals surface area contributed by atoms with E-state index in [9.17, 15) is 0 Å². The van der Waals surface area contributed by atoms with Gasteiger partial charge in [-0.15, -0.1) is 0 Å². The SMILES string of the molecule is CNC(C)c1ccc(Br)cc1Sc1ccncc1. The molecule has 2 nitrogen and oxygen atoms in total. The van der Waals surface area contributed by atoms with Crippen LogP contribution in [0.15, 0.2) is 57.0 Å². The highest BCUT2D eigenvalue weighted by molar-refractivity contribution is 9.10. The maximum Gasteiger partial charge on any atom is 0.0300 e. The highest BCUT2D eigenvalue weighted by Gasteiger charge is 2.10. The summed E-state index contributed by atoms with van der Waals surface area (Å²) in [4.78, 5) is 6.51. The summed E-state index contributed by atoms with van der Waals surface area (Å²) in [5.74, 6) is 0. The number of nitrogens with zero attached hydrogens (tertiary/aromatic N) is 1. The number of aromatic nitrogens is 1. The third kappa shape index (κ3) is 3.34. The number of hydrogen-bond acceptors (Lipinski definition) is 3. The van der Waals surface area contributed by atoms with Crippen LogP contribution < -0.4 is 5.32 Å². The number of benzene rings is 1. The second-order valence-electron chi connectivity index (χ2n) is 3.98. The molecule has 0 bridgehead atoms. The van der Waals surface area contributed by atoms with Gasteiger partial charge in [-0.3, -0.25) is 4.98 Å². The fourth-order valence-electron chi connectivity index (χ4n) is 1.64.